The zero-order chi connectivity index (χ0) is 16.9. The number of phenols is 1. The van der Waals surface area contributed by atoms with Gasteiger partial charge in [0.25, 0.3) is 11.8 Å². The number of aromatic nitrogens is 5. The molecule has 122 valence electrons. The molecule has 13 heteroatoms. The molecule has 13 nitrogen and oxygen atoms in total. The van der Waals surface area contributed by atoms with Crippen molar-refractivity contribution in [3.05, 3.63) is 30.1 Å². The van der Waals surface area contributed by atoms with Crippen molar-refractivity contribution in [3.63, 3.8) is 0 Å². The predicted octanol–water partition coefficient (Wildman–Crippen LogP) is 0.524. The first-order valence-corrected chi connectivity index (χ1v) is 6.40. The Labute approximate surface area is 133 Å². The smallest absolute Gasteiger partial charge is 0.263 e. The number of hydrogen-bond donors (Lipinski definition) is 4. The Bertz CT molecular complexity index is 897. The minimum absolute atomic E-state index is 0.00340. The first-order chi connectivity index (χ1) is 11.6. The molecule has 3 rings (SSSR count). The van der Waals surface area contributed by atoms with Crippen molar-refractivity contribution in [2.24, 2.45) is 15.3 Å². The molecule has 0 saturated carbocycles. The third-order valence-electron chi connectivity index (χ3n) is 2.71. The molecule has 0 bridgehead atoms. The van der Waals surface area contributed by atoms with Crippen LogP contribution >= 0.6 is 0 Å². The van der Waals surface area contributed by atoms with Gasteiger partial charge >= 0.3 is 0 Å². The number of hydrazone groups is 1. The second kappa shape index (κ2) is 6.39. The van der Waals surface area contributed by atoms with E-state index in [1.165, 1.54) is 18.6 Å². The van der Waals surface area contributed by atoms with E-state index in [4.69, 9.17) is 11.6 Å². The Kier molecular flexibility index (Phi) is 3.96. The van der Waals surface area contributed by atoms with Crippen LogP contribution < -0.4 is 17.0 Å². The molecule has 0 atom stereocenters. The summed E-state index contributed by atoms with van der Waals surface area (Å²) in [6.45, 7) is 0. The maximum Gasteiger partial charge on any atom is 0.263 e. The van der Waals surface area contributed by atoms with Crippen LogP contribution in [0.3, 0.4) is 0 Å². The number of nitrogen functional groups attached to an aromatic ring is 2. The zero-order valence-electron chi connectivity index (χ0n) is 12.0. The monoisotopic (exact) mass is 329 g/mol. The molecule has 2 aromatic heterocycles. The molecule has 0 radical (unpaired) electrons. The third kappa shape index (κ3) is 3.24. The number of nitrogens with zero attached hydrogens (tertiary/aromatic N) is 8. The Morgan fingerprint density at radius 1 is 1.29 bits per heavy atom. The summed E-state index contributed by atoms with van der Waals surface area (Å²) in [7, 11) is 0. The maximum atomic E-state index is 9.84. The molecular formula is C11H11N11O2. The number of phenolic OH excluding ortho intramolecular Hbond substituents is 1. The van der Waals surface area contributed by atoms with E-state index in [2.05, 4.69) is 45.9 Å². The van der Waals surface area contributed by atoms with Crippen molar-refractivity contribution in [3.8, 4) is 5.75 Å². The molecule has 0 spiro atoms. The number of azo groups is 1. The Hall–Kier alpha value is -4.03. The molecular weight excluding hydrogens is 318 g/mol. The van der Waals surface area contributed by atoms with E-state index in [1.807, 2.05) is 0 Å². The number of anilines is 2. The first kappa shape index (κ1) is 14.9. The van der Waals surface area contributed by atoms with Crippen molar-refractivity contribution in [1.29, 1.82) is 0 Å². The van der Waals surface area contributed by atoms with Gasteiger partial charge in [-0.15, -0.1) is 20.4 Å². The number of nitrogens with two attached hydrogens (primary N) is 2. The topological polar surface area (TPSA) is 191 Å². The first-order valence-electron chi connectivity index (χ1n) is 6.40. The van der Waals surface area contributed by atoms with Crippen LogP contribution in [0.5, 0.6) is 5.75 Å². The quantitative estimate of drug-likeness (QED) is 0.223. The van der Waals surface area contributed by atoms with Gasteiger partial charge in [0.1, 0.15) is 12.1 Å². The van der Waals surface area contributed by atoms with Crippen LogP contribution in [0.25, 0.3) is 0 Å². The SMILES string of the molecule is Nc1nonc1N=Nc1ccc(O)c(C=NNc2nncn2N)c1. The van der Waals surface area contributed by atoms with Crippen molar-refractivity contribution in [2.45, 2.75) is 0 Å². The lowest BCUT2D eigenvalue weighted by atomic mass is 10.2. The van der Waals surface area contributed by atoms with Gasteiger partial charge in [-0.1, -0.05) is 0 Å². The highest BCUT2D eigenvalue weighted by molar-refractivity contribution is 5.85. The number of nitrogens with one attached hydrogen (secondary N) is 1. The van der Waals surface area contributed by atoms with Gasteiger partial charge in [-0.3, -0.25) is 0 Å². The second-order valence-electron chi connectivity index (χ2n) is 4.35. The highest BCUT2D eigenvalue weighted by Gasteiger charge is 2.05. The molecule has 1 aromatic carbocycles. The van der Waals surface area contributed by atoms with Gasteiger partial charge in [-0.05, 0) is 28.5 Å². The number of hydrogen-bond acceptors (Lipinski definition) is 12. The van der Waals surface area contributed by atoms with Gasteiger partial charge in [-0.25, -0.2) is 14.7 Å². The summed E-state index contributed by atoms with van der Waals surface area (Å²) in [5.74, 6) is 5.83. The summed E-state index contributed by atoms with van der Waals surface area (Å²) in [4.78, 5) is 0. The van der Waals surface area contributed by atoms with E-state index >= 15 is 0 Å². The summed E-state index contributed by atoms with van der Waals surface area (Å²) >= 11 is 0. The van der Waals surface area contributed by atoms with Crippen LogP contribution in [-0.2, 0) is 0 Å². The molecule has 6 N–H and O–H groups in total. The van der Waals surface area contributed by atoms with Crippen LogP contribution in [0.4, 0.5) is 23.3 Å². The van der Waals surface area contributed by atoms with E-state index in [0.717, 1.165) is 4.68 Å². The number of benzene rings is 1. The summed E-state index contributed by atoms with van der Waals surface area (Å²) in [5, 5.41) is 35.6. The van der Waals surface area contributed by atoms with Crippen LogP contribution in [0, 0.1) is 0 Å². The minimum atomic E-state index is -0.00340. The van der Waals surface area contributed by atoms with E-state index in [9.17, 15) is 5.11 Å². The van der Waals surface area contributed by atoms with E-state index in [-0.39, 0.29) is 23.3 Å². The molecule has 0 unspecified atom stereocenters. The van der Waals surface area contributed by atoms with Crippen LogP contribution in [0.15, 0.2) is 44.5 Å². The Morgan fingerprint density at radius 3 is 2.88 bits per heavy atom. The van der Waals surface area contributed by atoms with Gasteiger partial charge < -0.3 is 16.7 Å². The van der Waals surface area contributed by atoms with E-state index in [0.29, 0.717) is 11.3 Å². The van der Waals surface area contributed by atoms with Gasteiger partial charge in [0.2, 0.25) is 5.82 Å². The van der Waals surface area contributed by atoms with Crippen molar-refractivity contribution in [2.75, 3.05) is 17.0 Å². The maximum absolute atomic E-state index is 9.84. The number of rotatable bonds is 5. The second-order valence-corrected chi connectivity index (χ2v) is 4.35. The van der Waals surface area contributed by atoms with Gasteiger partial charge in [-0.2, -0.15) is 5.10 Å². The minimum Gasteiger partial charge on any atom is -0.507 e. The average Bonchev–Trinajstić information content (AvgIpc) is 3.16. The molecule has 0 aliphatic heterocycles. The highest BCUT2D eigenvalue weighted by atomic mass is 16.6. The fraction of sp³-hybridized carbons (Fsp3) is 0. The van der Waals surface area contributed by atoms with Crippen molar-refractivity contribution < 1.29 is 9.74 Å². The third-order valence-corrected chi connectivity index (χ3v) is 2.71. The van der Waals surface area contributed by atoms with E-state index in [1.54, 1.807) is 12.1 Å². The Balaban J connectivity index is 1.75. The average molecular weight is 329 g/mol. The molecule has 0 saturated heterocycles. The largest absolute Gasteiger partial charge is 0.507 e. The lowest BCUT2D eigenvalue weighted by Gasteiger charge is -2.00. The van der Waals surface area contributed by atoms with Crippen LogP contribution in [0.2, 0.25) is 0 Å². The summed E-state index contributed by atoms with van der Waals surface area (Å²) < 4.78 is 5.55. The zero-order valence-corrected chi connectivity index (χ0v) is 12.0. The molecule has 24 heavy (non-hydrogen) atoms. The highest BCUT2D eigenvalue weighted by Crippen LogP contribution is 2.24. The summed E-state index contributed by atoms with van der Waals surface area (Å²) in [5.41, 5.74) is 8.85. The summed E-state index contributed by atoms with van der Waals surface area (Å²) in [6, 6.07) is 4.52. The predicted molar refractivity (Wildman–Crippen MR) is 82.4 cm³/mol. The van der Waals surface area contributed by atoms with Crippen molar-refractivity contribution >= 4 is 29.5 Å². The van der Waals surface area contributed by atoms with E-state index < -0.39 is 0 Å². The summed E-state index contributed by atoms with van der Waals surface area (Å²) in [6.07, 6.45) is 2.66. The lowest BCUT2D eigenvalue weighted by Crippen LogP contribution is -2.10. The Morgan fingerprint density at radius 2 is 2.17 bits per heavy atom. The van der Waals surface area contributed by atoms with Gasteiger partial charge in [0.15, 0.2) is 0 Å². The lowest BCUT2D eigenvalue weighted by molar-refractivity contribution is 0.310. The molecule has 0 aliphatic rings. The van der Waals surface area contributed by atoms with Crippen LogP contribution in [-0.4, -0.2) is 36.5 Å². The molecule has 0 fully saturated rings. The van der Waals surface area contributed by atoms with Crippen LogP contribution in [0.1, 0.15) is 5.56 Å². The molecule has 0 aliphatic carbocycles. The molecule has 2 heterocycles. The molecule has 3 aromatic rings. The van der Waals surface area contributed by atoms with Gasteiger partial charge in [0.05, 0.1) is 11.9 Å². The van der Waals surface area contributed by atoms with Crippen molar-refractivity contribution in [1.82, 2.24) is 25.2 Å². The normalized spacial score (nSPS) is 11.5. The fourth-order valence-corrected chi connectivity index (χ4v) is 1.55. The molecule has 0 amide bonds. The number of aromatic hydroxyl groups is 1. The fourth-order valence-electron chi connectivity index (χ4n) is 1.55. The van der Waals surface area contributed by atoms with Gasteiger partial charge in [0, 0.05) is 5.56 Å². The standard InChI is InChI=1S/C11H11N11O2/c12-9-10(21-24-20-9)17-16-7-1-2-8(23)6(3-7)4-14-18-11-19-15-5-22(11)13/h1-5,23H,13H2,(H2,12,20)(H,18,19).